The van der Waals surface area contributed by atoms with Crippen LogP contribution in [-0.4, -0.2) is 6.29 Å². The van der Waals surface area contributed by atoms with E-state index < -0.39 is 0 Å². The Morgan fingerprint density at radius 2 is 2.07 bits per heavy atom. The molecule has 14 heavy (non-hydrogen) atoms. The summed E-state index contributed by atoms with van der Waals surface area (Å²) in [4.78, 5) is 10.8. The second-order valence-electron chi connectivity index (χ2n) is 5.47. The van der Waals surface area contributed by atoms with Crippen molar-refractivity contribution in [3.8, 4) is 0 Å². The molecule has 0 bridgehead atoms. The van der Waals surface area contributed by atoms with E-state index in [0.717, 1.165) is 18.6 Å². The lowest BCUT2D eigenvalue weighted by atomic mass is 9.63. The summed E-state index contributed by atoms with van der Waals surface area (Å²) in [5, 5.41) is 0. The number of carbonyl (C=O) groups excluding carboxylic acids is 1. The molecule has 0 aromatic carbocycles. The van der Waals surface area contributed by atoms with Gasteiger partial charge in [0.15, 0.2) is 0 Å². The number of allylic oxidation sites excluding steroid dienone is 2. The van der Waals surface area contributed by atoms with Crippen LogP contribution in [0.15, 0.2) is 11.6 Å². The molecule has 1 saturated carbocycles. The molecule has 0 aliphatic heterocycles. The third kappa shape index (κ3) is 1.65. The summed E-state index contributed by atoms with van der Waals surface area (Å²) < 4.78 is 0. The fraction of sp³-hybridized carbons (Fsp3) is 0.769. The molecule has 2 aliphatic carbocycles. The first kappa shape index (κ1) is 9.95. The first-order chi connectivity index (χ1) is 6.63. The summed E-state index contributed by atoms with van der Waals surface area (Å²) >= 11 is 0. The molecule has 0 aromatic rings. The highest BCUT2D eigenvalue weighted by Crippen LogP contribution is 2.47. The highest BCUT2D eigenvalue weighted by molar-refractivity contribution is 5.57. The lowest BCUT2D eigenvalue weighted by Crippen LogP contribution is -2.30. The molecule has 0 N–H and O–H groups in total. The standard InChI is InChI=1S/C13H20O/c1-13(2)7-6-10(9-14)8-12(13)11-4-3-5-11/h8-11H,3-7H2,1-2H3. The van der Waals surface area contributed by atoms with Gasteiger partial charge in [-0.3, -0.25) is 0 Å². The molecule has 1 unspecified atom stereocenters. The van der Waals surface area contributed by atoms with E-state index in [2.05, 4.69) is 19.9 Å². The summed E-state index contributed by atoms with van der Waals surface area (Å²) in [6.07, 6.45) is 9.69. The van der Waals surface area contributed by atoms with Crippen LogP contribution < -0.4 is 0 Å². The topological polar surface area (TPSA) is 17.1 Å². The second-order valence-corrected chi connectivity index (χ2v) is 5.47. The number of carbonyl (C=O) groups is 1. The molecule has 78 valence electrons. The highest BCUT2D eigenvalue weighted by Gasteiger charge is 2.35. The van der Waals surface area contributed by atoms with Gasteiger partial charge >= 0.3 is 0 Å². The van der Waals surface area contributed by atoms with Gasteiger partial charge in [0.05, 0.1) is 0 Å². The molecule has 0 amide bonds. The monoisotopic (exact) mass is 192 g/mol. The van der Waals surface area contributed by atoms with Crippen LogP contribution in [0.3, 0.4) is 0 Å². The summed E-state index contributed by atoms with van der Waals surface area (Å²) in [6, 6.07) is 0. The molecular weight excluding hydrogens is 172 g/mol. The lowest BCUT2D eigenvalue weighted by molar-refractivity contribution is -0.110. The van der Waals surface area contributed by atoms with E-state index in [1.807, 2.05) is 0 Å². The van der Waals surface area contributed by atoms with Crippen molar-refractivity contribution in [2.24, 2.45) is 17.3 Å². The van der Waals surface area contributed by atoms with Gasteiger partial charge in [-0.05, 0) is 37.0 Å². The Labute approximate surface area is 86.6 Å². The van der Waals surface area contributed by atoms with Crippen molar-refractivity contribution in [3.63, 3.8) is 0 Å². The highest BCUT2D eigenvalue weighted by atomic mass is 16.1. The first-order valence-electron chi connectivity index (χ1n) is 5.81. The van der Waals surface area contributed by atoms with Crippen LogP contribution in [0.1, 0.15) is 46.0 Å². The van der Waals surface area contributed by atoms with E-state index in [-0.39, 0.29) is 5.92 Å². The van der Waals surface area contributed by atoms with Crippen LogP contribution >= 0.6 is 0 Å². The Balaban J connectivity index is 2.20. The van der Waals surface area contributed by atoms with Gasteiger partial charge in [-0.2, -0.15) is 0 Å². The summed E-state index contributed by atoms with van der Waals surface area (Å²) in [7, 11) is 0. The van der Waals surface area contributed by atoms with E-state index in [1.165, 1.54) is 25.7 Å². The molecule has 0 spiro atoms. The van der Waals surface area contributed by atoms with Crippen molar-refractivity contribution in [1.29, 1.82) is 0 Å². The first-order valence-corrected chi connectivity index (χ1v) is 5.81. The van der Waals surface area contributed by atoms with E-state index in [9.17, 15) is 4.79 Å². The minimum Gasteiger partial charge on any atom is -0.303 e. The third-order valence-corrected chi connectivity index (χ3v) is 4.00. The van der Waals surface area contributed by atoms with Crippen LogP contribution in [0.2, 0.25) is 0 Å². The molecule has 0 saturated heterocycles. The zero-order chi connectivity index (χ0) is 10.2. The Kier molecular flexibility index (Phi) is 2.50. The molecule has 1 fully saturated rings. The van der Waals surface area contributed by atoms with Crippen LogP contribution in [-0.2, 0) is 4.79 Å². The third-order valence-electron chi connectivity index (χ3n) is 4.00. The summed E-state index contributed by atoms with van der Waals surface area (Å²) in [5.41, 5.74) is 1.93. The number of hydrogen-bond acceptors (Lipinski definition) is 1. The van der Waals surface area contributed by atoms with Gasteiger partial charge in [0.2, 0.25) is 0 Å². The van der Waals surface area contributed by atoms with Crippen molar-refractivity contribution < 1.29 is 4.79 Å². The maximum atomic E-state index is 10.8. The number of hydrogen-bond donors (Lipinski definition) is 0. The molecular formula is C13H20O. The maximum absolute atomic E-state index is 10.8. The zero-order valence-electron chi connectivity index (χ0n) is 9.25. The molecule has 1 atom stereocenters. The SMILES string of the molecule is CC1(C)CCC(C=O)C=C1C1CCC1. The summed E-state index contributed by atoms with van der Waals surface area (Å²) in [6.45, 7) is 4.66. The van der Waals surface area contributed by atoms with Gasteiger partial charge < -0.3 is 4.79 Å². The molecule has 2 rings (SSSR count). The van der Waals surface area contributed by atoms with Crippen LogP contribution in [0, 0.1) is 17.3 Å². The van der Waals surface area contributed by atoms with Gasteiger partial charge in [-0.1, -0.05) is 31.9 Å². The molecule has 0 radical (unpaired) electrons. The van der Waals surface area contributed by atoms with Gasteiger partial charge in [0, 0.05) is 5.92 Å². The minimum absolute atomic E-state index is 0.207. The van der Waals surface area contributed by atoms with Crippen LogP contribution in [0.4, 0.5) is 0 Å². The molecule has 0 aromatic heterocycles. The summed E-state index contributed by atoms with van der Waals surface area (Å²) in [5.74, 6) is 1.01. The minimum atomic E-state index is 0.207. The van der Waals surface area contributed by atoms with Crippen molar-refractivity contribution in [2.75, 3.05) is 0 Å². The average molecular weight is 192 g/mol. The van der Waals surface area contributed by atoms with E-state index in [0.29, 0.717) is 5.41 Å². The van der Waals surface area contributed by atoms with Crippen LogP contribution in [0.25, 0.3) is 0 Å². The largest absolute Gasteiger partial charge is 0.303 e. The van der Waals surface area contributed by atoms with Gasteiger partial charge in [0.1, 0.15) is 6.29 Å². The Morgan fingerprint density at radius 3 is 2.57 bits per heavy atom. The van der Waals surface area contributed by atoms with E-state index in [4.69, 9.17) is 0 Å². The molecule has 2 aliphatic rings. The van der Waals surface area contributed by atoms with Crippen molar-refractivity contribution in [2.45, 2.75) is 46.0 Å². The number of rotatable bonds is 2. The van der Waals surface area contributed by atoms with Crippen molar-refractivity contribution >= 4 is 6.29 Å². The van der Waals surface area contributed by atoms with Crippen LogP contribution in [0.5, 0.6) is 0 Å². The fourth-order valence-electron chi connectivity index (χ4n) is 2.73. The average Bonchev–Trinajstić information content (AvgIpc) is 2.05. The zero-order valence-corrected chi connectivity index (χ0v) is 9.25. The van der Waals surface area contributed by atoms with Gasteiger partial charge in [-0.25, -0.2) is 0 Å². The second kappa shape index (κ2) is 3.52. The predicted octanol–water partition coefficient (Wildman–Crippen LogP) is 3.35. The fourth-order valence-corrected chi connectivity index (χ4v) is 2.73. The van der Waals surface area contributed by atoms with E-state index >= 15 is 0 Å². The lowest BCUT2D eigenvalue weighted by Gasteiger charge is -2.41. The Bertz CT molecular complexity index is 258. The van der Waals surface area contributed by atoms with Crippen molar-refractivity contribution in [3.05, 3.63) is 11.6 Å². The quantitative estimate of drug-likeness (QED) is 0.484. The molecule has 1 nitrogen and oxygen atoms in total. The Morgan fingerprint density at radius 1 is 1.36 bits per heavy atom. The molecule has 0 heterocycles. The van der Waals surface area contributed by atoms with Crippen molar-refractivity contribution in [1.82, 2.24) is 0 Å². The molecule has 1 heteroatoms. The normalized spacial score (nSPS) is 31.9. The van der Waals surface area contributed by atoms with E-state index in [1.54, 1.807) is 5.57 Å². The predicted molar refractivity (Wildman–Crippen MR) is 58.0 cm³/mol. The van der Waals surface area contributed by atoms with Gasteiger partial charge in [0.25, 0.3) is 0 Å². The number of aldehydes is 1. The smallest absolute Gasteiger partial charge is 0.126 e. The Hall–Kier alpha value is -0.590. The van der Waals surface area contributed by atoms with Gasteiger partial charge in [-0.15, -0.1) is 0 Å². The maximum Gasteiger partial charge on any atom is 0.126 e.